The number of nitrogens with one attached hydrogen (secondary N) is 1. The molecule has 1 N–H and O–H groups in total. The maximum Gasteiger partial charge on any atom is 0.00387 e. The normalized spacial score (nSPS) is 15.0. The number of thioether (sulfide) groups is 1. The van der Waals surface area contributed by atoms with Gasteiger partial charge in [0.25, 0.3) is 0 Å². The molecule has 2 heteroatoms. The summed E-state index contributed by atoms with van der Waals surface area (Å²) in [5.74, 6) is 0. The van der Waals surface area contributed by atoms with Gasteiger partial charge in [-0.15, -0.1) is 0 Å². The molecule has 2 atom stereocenters. The van der Waals surface area contributed by atoms with Gasteiger partial charge >= 0.3 is 0 Å². The summed E-state index contributed by atoms with van der Waals surface area (Å²) in [6, 6.07) is 0.704. The van der Waals surface area contributed by atoms with Crippen LogP contribution in [0.5, 0.6) is 0 Å². The van der Waals surface area contributed by atoms with Gasteiger partial charge in [0.2, 0.25) is 0 Å². The summed E-state index contributed by atoms with van der Waals surface area (Å²) in [6.45, 7) is 8.08. The number of rotatable bonds is 11. The van der Waals surface area contributed by atoms with E-state index >= 15 is 0 Å². The molecule has 0 radical (unpaired) electrons. The monoisotopic (exact) mass is 245 g/mol. The van der Waals surface area contributed by atoms with E-state index in [1.807, 2.05) is 11.8 Å². The Morgan fingerprint density at radius 3 is 2.31 bits per heavy atom. The van der Waals surface area contributed by atoms with Crippen LogP contribution < -0.4 is 5.32 Å². The third kappa shape index (κ3) is 10.8. The highest BCUT2D eigenvalue weighted by molar-refractivity contribution is 7.99. The van der Waals surface area contributed by atoms with E-state index in [4.69, 9.17) is 0 Å². The standard InChI is InChI=1S/C14H31NS/c1-5-6-7-8-9-10-13(2)15-12-11-14(3)16-4/h13-15H,5-12H2,1-4H3. The van der Waals surface area contributed by atoms with Crippen molar-refractivity contribution < 1.29 is 0 Å². The maximum atomic E-state index is 3.63. The molecule has 0 rings (SSSR count). The zero-order chi connectivity index (χ0) is 12.2. The van der Waals surface area contributed by atoms with E-state index in [0.717, 1.165) is 5.25 Å². The van der Waals surface area contributed by atoms with Crippen molar-refractivity contribution in [2.75, 3.05) is 12.8 Å². The Kier molecular flexibility index (Phi) is 12.0. The highest BCUT2D eigenvalue weighted by atomic mass is 32.2. The lowest BCUT2D eigenvalue weighted by Gasteiger charge is -2.15. The summed E-state index contributed by atoms with van der Waals surface area (Å²) in [5.41, 5.74) is 0. The Bertz CT molecular complexity index is 139. The van der Waals surface area contributed by atoms with Crippen LogP contribution in [0.3, 0.4) is 0 Å². The fourth-order valence-corrected chi connectivity index (χ4v) is 2.16. The molecule has 0 amide bonds. The molecular formula is C14H31NS. The summed E-state index contributed by atoms with van der Waals surface area (Å²) in [7, 11) is 0. The molecule has 16 heavy (non-hydrogen) atoms. The predicted molar refractivity (Wildman–Crippen MR) is 78.4 cm³/mol. The van der Waals surface area contributed by atoms with Crippen LogP contribution in [-0.4, -0.2) is 24.1 Å². The molecule has 0 bridgehead atoms. The van der Waals surface area contributed by atoms with Gasteiger partial charge in [0.15, 0.2) is 0 Å². The average Bonchev–Trinajstić information content (AvgIpc) is 2.28. The smallest absolute Gasteiger partial charge is 0.00387 e. The molecule has 0 saturated carbocycles. The molecule has 98 valence electrons. The molecule has 0 spiro atoms. The Hall–Kier alpha value is 0.310. The fraction of sp³-hybridized carbons (Fsp3) is 1.00. The molecule has 0 aromatic heterocycles. The van der Waals surface area contributed by atoms with E-state index in [9.17, 15) is 0 Å². The molecular weight excluding hydrogens is 214 g/mol. The highest BCUT2D eigenvalue weighted by Crippen LogP contribution is 2.09. The van der Waals surface area contributed by atoms with E-state index < -0.39 is 0 Å². The van der Waals surface area contributed by atoms with Crippen molar-refractivity contribution >= 4 is 11.8 Å². The summed E-state index contributed by atoms with van der Waals surface area (Å²) in [4.78, 5) is 0. The first kappa shape index (κ1) is 16.3. The third-order valence-corrected chi connectivity index (χ3v) is 4.23. The second-order valence-corrected chi connectivity index (χ2v) is 6.17. The molecule has 0 aliphatic heterocycles. The highest BCUT2D eigenvalue weighted by Gasteiger charge is 2.02. The van der Waals surface area contributed by atoms with Crippen LogP contribution >= 0.6 is 11.8 Å². The van der Waals surface area contributed by atoms with Gasteiger partial charge in [-0.05, 0) is 32.6 Å². The van der Waals surface area contributed by atoms with Crippen molar-refractivity contribution in [3.05, 3.63) is 0 Å². The van der Waals surface area contributed by atoms with Gasteiger partial charge in [0.05, 0.1) is 0 Å². The summed E-state index contributed by atoms with van der Waals surface area (Å²) in [5, 5.41) is 4.42. The zero-order valence-electron chi connectivity index (χ0n) is 11.7. The molecule has 0 aromatic rings. The lowest BCUT2D eigenvalue weighted by atomic mass is 10.1. The topological polar surface area (TPSA) is 12.0 Å². The first-order valence-corrected chi connectivity index (χ1v) is 8.25. The average molecular weight is 245 g/mol. The molecule has 0 heterocycles. The van der Waals surface area contributed by atoms with E-state index in [2.05, 4.69) is 32.3 Å². The lowest BCUT2D eigenvalue weighted by molar-refractivity contribution is 0.476. The van der Waals surface area contributed by atoms with Crippen molar-refractivity contribution in [3.8, 4) is 0 Å². The van der Waals surface area contributed by atoms with E-state index in [-0.39, 0.29) is 0 Å². The van der Waals surface area contributed by atoms with Crippen LogP contribution in [0.1, 0.15) is 65.7 Å². The van der Waals surface area contributed by atoms with E-state index in [1.165, 1.54) is 51.5 Å². The molecule has 2 unspecified atom stereocenters. The van der Waals surface area contributed by atoms with Crippen LogP contribution in [0.25, 0.3) is 0 Å². The van der Waals surface area contributed by atoms with Crippen LogP contribution in [0.4, 0.5) is 0 Å². The van der Waals surface area contributed by atoms with Crippen molar-refractivity contribution in [1.29, 1.82) is 0 Å². The Morgan fingerprint density at radius 1 is 1.00 bits per heavy atom. The van der Waals surface area contributed by atoms with E-state index in [0.29, 0.717) is 6.04 Å². The predicted octanol–water partition coefficient (Wildman–Crippen LogP) is 4.47. The SMILES string of the molecule is CCCCCCCC(C)NCCC(C)SC. The quantitative estimate of drug-likeness (QED) is 0.539. The van der Waals surface area contributed by atoms with Gasteiger partial charge in [-0.3, -0.25) is 0 Å². The van der Waals surface area contributed by atoms with Gasteiger partial charge in [0.1, 0.15) is 0 Å². The second-order valence-electron chi connectivity index (χ2n) is 4.89. The Labute approximate surface area is 107 Å². The van der Waals surface area contributed by atoms with Gasteiger partial charge in [-0.25, -0.2) is 0 Å². The Balaban J connectivity index is 3.21. The zero-order valence-corrected chi connectivity index (χ0v) is 12.5. The third-order valence-electron chi connectivity index (χ3n) is 3.19. The minimum absolute atomic E-state index is 0.704. The summed E-state index contributed by atoms with van der Waals surface area (Å²) < 4.78 is 0. The van der Waals surface area contributed by atoms with Crippen LogP contribution in [0.2, 0.25) is 0 Å². The minimum Gasteiger partial charge on any atom is -0.314 e. The largest absolute Gasteiger partial charge is 0.314 e. The minimum atomic E-state index is 0.704. The van der Waals surface area contributed by atoms with Gasteiger partial charge in [-0.2, -0.15) is 11.8 Å². The molecule has 0 saturated heterocycles. The van der Waals surface area contributed by atoms with Crippen LogP contribution in [-0.2, 0) is 0 Å². The summed E-state index contributed by atoms with van der Waals surface area (Å²) in [6.07, 6.45) is 11.8. The van der Waals surface area contributed by atoms with Gasteiger partial charge in [-0.1, -0.05) is 46.0 Å². The van der Waals surface area contributed by atoms with Crippen molar-refractivity contribution in [2.45, 2.75) is 77.0 Å². The number of unbranched alkanes of at least 4 members (excludes halogenated alkanes) is 4. The van der Waals surface area contributed by atoms with Crippen LogP contribution in [0.15, 0.2) is 0 Å². The molecule has 0 aliphatic carbocycles. The molecule has 0 aromatic carbocycles. The molecule has 0 aliphatic rings. The first-order chi connectivity index (χ1) is 7.70. The van der Waals surface area contributed by atoms with Gasteiger partial charge in [0, 0.05) is 11.3 Å². The molecule has 1 nitrogen and oxygen atoms in total. The van der Waals surface area contributed by atoms with Crippen LogP contribution in [0, 0.1) is 0 Å². The van der Waals surface area contributed by atoms with Gasteiger partial charge < -0.3 is 5.32 Å². The Morgan fingerprint density at radius 2 is 1.69 bits per heavy atom. The fourth-order valence-electron chi connectivity index (χ4n) is 1.81. The number of hydrogen-bond donors (Lipinski definition) is 1. The van der Waals surface area contributed by atoms with Crippen molar-refractivity contribution in [2.24, 2.45) is 0 Å². The first-order valence-electron chi connectivity index (χ1n) is 6.96. The maximum absolute atomic E-state index is 3.63. The number of hydrogen-bond acceptors (Lipinski definition) is 2. The molecule has 0 fully saturated rings. The lowest BCUT2D eigenvalue weighted by Crippen LogP contribution is -2.28. The summed E-state index contributed by atoms with van der Waals surface area (Å²) >= 11 is 1.96. The van der Waals surface area contributed by atoms with Crippen molar-refractivity contribution in [1.82, 2.24) is 5.32 Å². The second kappa shape index (κ2) is 11.8. The van der Waals surface area contributed by atoms with Crippen molar-refractivity contribution in [3.63, 3.8) is 0 Å². The van der Waals surface area contributed by atoms with E-state index in [1.54, 1.807) is 0 Å².